The van der Waals surface area contributed by atoms with Crippen molar-refractivity contribution in [2.45, 2.75) is 11.1 Å². The van der Waals surface area contributed by atoms with E-state index in [0.29, 0.717) is 9.90 Å². The highest BCUT2D eigenvalue weighted by Crippen LogP contribution is 2.33. The molecule has 26 heavy (non-hydrogen) atoms. The van der Waals surface area contributed by atoms with Gasteiger partial charge in [-0.15, -0.1) is 11.3 Å². The van der Waals surface area contributed by atoms with Crippen LogP contribution in [0.15, 0.2) is 51.2 Å². The first kappa shape index (κ1) is 18.4. The number of nitrogens with zero attached hydrogens (tertiary/aromatic N) is 1. The average Bonchev–Trinajstić information content (AvgIpc) is 3.26. The molecular formula is C16H13ClN2O5S2. The Balaban J connectivity index is 1.83. The maximum absolute atomic E-state index is 12.5. The van der Waals surface area contributed by atoms with Crippen molar-refractivity contribution in [1.82, 2.24) is 5.16 Å². The maximum atomic E-state index is 12.5. The van der Waals surface area contributed by atoms with Crippen LogP contribution in [0.25, 0.3) is 10.6 Å². The minimum absolute atomic E-state index is 0.0221. The molecule has 0 saturated carbocycles. The zero-order valence-electron chi connectivity index (χ0n) is 13.4. The number of ether oxygens (including phenoxy) is 1. The molecule has 0 amide bonds. The monoisotopic (exact) mass is 412 g/mol. The van der Waals surface area contributed by atoms with E-state index in [1.54, 1.807) is 37.3 Å². The Morgan fingerprint density at radius 1 is 1.31 bits per heavy atom. The van der Waals surface area contributed by atoms with Crippen molar-refractivity contribution in [1.29, 1.82) is 0 Å². The molecule has 2 heterocycles. The van der Waals surface area contributed by atoms with E-state index in [9.17, 15) is 13.2 Å². The molecule has 10 heteroatoms. The lowest BCUT2D eigenvalue weighted by molar-refractivity contribution is 0.0514. The summed E-state index contributed by atoms with van der Waals surface area (Å²) in [5.41, 5.74) is 0.308. The van der Waals surface area contributed by atoms with Gasteiger partial charge in [0.25, 0.3) is 10.0 Å². The summed E-state index contributed by atoms with van der Waals surface area (Å²) in [6.07, 6.45) is 0. The lowest BCUT2D eigenvalue weighted by Gasteiger charge is -2.07. The number of benzene rings is 1. The number of hydrogen-bond acceptors (Lipinski definition) is 7. The Morgan fingerprint density at radius 3 is 2.81 bits per heavy atom. The fourth-order valence-corrected chi connectivity index (χ4v) is 4.60. The molecule has 7 nitrogen and oxygen atoms in total. The third-order valence-electron chi connectivity index (χ3n) is 3.20. The van der Waals surface area contributed by atoms with E-state index < -0.39 is 16.0 Å². The molecule has 1 N–H and O–H groups in total. The maximum Gasteiger partial charge on any atom is 0.360 e. The van der Waals surface area contributed by atoms with Crippen LogP contribution in [0.2, 0.25) is 5.02 Å². The van der Waals surface area contributed by atoms with Gasteiger partial charge in [-0.1, -0.05) is 28.9 Å². The van der Waals surface area contributed by atoms with E-state index in [4.69, 9.17) is 20.9 Å². The minimum atomic E-state index is -3.81. The van der Waals surface area contributed by atoms with Gasteiger partial charge in [-0.3, -0.25) is 4.72 Å². The van der Waals surface area contributed by atoms with Crippen LogP contribution < -0.4 is 4.72 Å². The molecule has 0 fully saturated rings. The van der Waals surface area contributed by atoms with Gasteiger partial charge >= 0.3 is 5.97 Å². The SMILES string of the molecule is CCOC(=O)c1cc(-c2ccc(S(=O)(=O)Nc3ccccc3Cl)s2)on1. The number of hydrogen-bond donors (Lipinski definition) is 1. The van der Waals surface area contributed by atoms with E-state index in [-0.39, 0.29) is 28.0 Å². The van der Waals surface area contributed by atoms with Crippen molar-refractivity contribution < 1.29 is 22.5 Å². The Bertz CT molecular complexity index is 1040. The summed E-state index contributed by atoms with van der Waals surface area (Å²) >= 11 is 6.96. The number of carbonyl (C=O) groups excluding carboxylic acids is 1. The molecule has 3 rings (SSSR count). The molecule has 0 spiro atoms. The van der Waals surface area contributed by atoms with Crippen LogP contribution in [-0.2, 0) is 14.8 Å². The fourth-order valence-electron chi connectivity index (χ4n) is 2.03. The summed E-state index contributed by atoms with van der Waals surface area (Å²) in [6.45, 7) is 1.90. The summed E-state index contributed by atoms with van der Waals surface area (Å²) in [7, 11) is -3.81. The Morgan fingerprint density at radius 2 is 2.08 bits per heavy atom. The summed E-state index contributed by atoms with van der Waals surface area (Å²) < 4.78 is 37.5. The number of anilines is 1. The van der Waals surface area contributed by atoms with Crippen LogP contribution in [0.5, 0.6) is 0 Å². The lowest BCUT2D eigenvalue weighted by atomic mass is 10.3. The third kappa shape index (κ3) is 3.90. The van der Waals surface area contributed by atoms with Crippen molar-refractivity contribution in [3.05, 3.63) is 53.2 Å². The summed E-state index contributed by atoms with van der Waals surface area (Å²) in [4.78, 5) is 12.1. The van der Waals surface area contributed by atoms with Gasteiger partial charge in [-0.25, -0.2) is 13.2 Å². The largest absolute Gasteiger partial charge is 0.461 e. The zero-order chi connectivity index (χ0) is 18.7. The van der Waals surface area contributed by atoms with Gasteiger partial charge in [-0.2, -0.15) is 0 Å². The third-order valence-corrected chi connectivity index (χ3v) is 6.49. The van der Waals surface area contributed by atoms with E-state index in [1.807, 2.05) is 0 Å². The number of aromatic nitrogens is 1. The Hall–Kier alpha value is -2.36. The second-order valence-corrected chi connectivity index (χ2v) is 8.40. The smallest absolute Gasteiger partial charge is 0.360 e. The molecule has 136 valence electrons. The Kier molecular flexibility index (Phi) is 5.30. The van der Waals surface area contributed by atoms with E-state index in [2.05, 4.69) is 9.88 Å². The quantitative estimate of drug-likeness (QED) is 0.613. The van der Waals surface area contributed by atoms with Crippen LogP contribution in [-0.4, -0.2) is 26.2 Å². The van der Waals surface area contributed by atoms with Crippen LogP contribution in [0, 0.1) is 0 Å². The lowest BCUT2D eigenvalue weighted by Crippen LogP contribution is -2.11. The average molecular weight is 413 g/mol. The number of rotatable bonds is 6. The molecule has 3 aromatic rings. The molecule has 1 aromatic carbocycles. The number of thiophene rings is 1. The molecule has 0 atom stereocenters. The fraction of sp³-hybridized carbons (Fsp3) is 0.125. The number of nitrogens with one attached hydrogen (secondary N) is 1. The van der Waals surface area contributed by atoms with Crippen molar-refractivity contribution in [2.75, 3.05) is 11.3 Å². The molecule has 0 bridgehead atoms. The predicted molar refractivity (Wildman–Crippen MR) is 98.0 cm³/mol. The van der Waals surface area contributed by atoms with E-state index >= 15 is 0 Å². The first-order valence-electron chi connectivity index (χ1n) is 7.42. The standard InChI is InChI=1S/C16H13ClN2O5S2/c1-2-23-16(20)12-9-13(24-18-12)14-7-8-15(25-14)26(21,22)19-11-6-4-3-5-10(11)17/h3-9,19H,2H2,1H3. The summed E-state index contributed by atoms with van der Waals surface area (Å²) in [6, 6.07) is 10.9. The topological polar surface area (TPSA) is 98.5 Å². The molecule has 0 saturated heterocycles. The minimum Gasteiger partial charge on any atom is -0.461 e. The van der Waals surface area contributed by atoms with E-state index in [1.165, 1.54) is 12.1 Å². The van der Waals surface area contributed by atoms with Crippen LogP contribution in [0.4, 0.5) is 5.69 Å². The van der Waals surface area contributed by atoms with Gasteiger partial charge < -0.3 is 9.26 Å². The van der Waals surface area contributed by atoms with Crippen molar-refractivity contribution >= 4 is 44.6 Å². The van der Waals surface area contributed by atoms with Gasteiger partial charge in [0.1, 0.15) is 4.21 Å². The summed E-state index contributed by atoms with van der Waals surface area (Å²) in [5, 5.41) is 3.93. The van der Waals surface area contributed by atoms with E-state index in [0.717, 1.165) is 11.3 Å². The first-order valence-corrected chi connectivity index (χ1v) is 10.1. The normalized spacial score (nSPS) is 11.3. The number of esters is 1. The number of carbonyl (C=O) groups is 1. The molecule has 2 aromatic heterocycles. The van der Waals surface area contributed by atoms with Gasteiger partial charge in [0, 0.05) is 6.07 Å². The first-order chi connectivity index (χ1) is 12.4. The van der Waals surface area contributed by atoms with Crippen LogP contribution in [0.1, 0.15) is 17.4 Å². The van der Waals surface area contributed by atoms with Gasteiger partial charge in [0.2, 0.25) is 0 Å². The van der Waals surface area contributed by atoms with Crippen molar-refractivity contribution in [2.24, 2.45) is 0 Å². The molecular weight excluding hydrogens is 400 g/mol. The molecule has 0 unspecified atom stereocenters. The second-order valence-electron chi connectivity index (χ2n) is 5.00. The van der Waals surface area contributed by atoms with Crippen molar-refractivity contribution in [3.8, 4) is 10.6 Å². The van der Waals surface area contributed by atoms with Crippen LogP contribution >= 0.6 is 22.9 Å². The second kappa shape index (κ2) is 7.48. The number of sulfonamides is 1. The van der Waals surface area contributed by atoms with Gasteiger partial charge in [0.05, 0.1) is 22.2 Å². The van der Waals surface area contributed by atoms with Crippen molar-refractivity contribution in [3.63, 3.8) is 0 Å². The number of para-hydroxylation sites is 1. The summed E-state index contributed by atoms with van der Waals surface area (Å²) in [5.74, 6) is -0.329. The highest BCUT2D eigenvalue weighted by atomic mass is 35.5. The zero-order valence-corrected chi connectivity index (χ0v) is 15.8. The molecule has 0 radical (unpaired) electrons. The van der Waals surface area contributed by atoms with Crippen LogP contribution in [0.3, 0.4) is 0 Å². The highest BCUT2D eigenvalue weighted by Gasteiger charge is 2.21. The number of halogens is 1. The predicted octanol–water partition coefficient (Wildman–Crippen LogP) is 4.03. The van der Waals surface area contributed by atoms with Gasteiger partial charge in [0.15, 0.2) is 11.5 Å². The molecule has 0 aliphatic rings. The van der Waals surface area contributed by atoms with Gasteiger partial charge in [-0.05, 0) is 31.2 Å². The molecule has 0 aliphatic carbocycles. The highest BCUT2D eigenvalue weighted by molar-refractivity contribution is 7.94. The Labute approximate surface area is 158 Å². The molecule has 0 aliphatic heterocycles.